The van der Waals surface area contributed by atoms with Crippen LogP contribution in [0.15, 0.2) is 12.2 Å². The van der Waals surface area contributed by atoms with Crippen molar-refractivity contribution >= 4 is 5.97 Å². The van der Waals surface area contributed by atoms with Gasteiger partial charge in [0, 0.05) is 5.57 Å². The van der Waals surface area contributed by atoms with Crippen LogP contribution in [0.25, 0.3) is 0 Å². The molecular formula is C13H17F3O3. The van der Waals surface area contributed by atoms with Gasteiger partial charge in [-0.3, -0.25) is 0 Å². The van der Waals surface area contributed by atoms with E-state index in [-0.39, 0.29) is 36.9 Å². The van der Waals surface area contributed by atoms with E-state index in [1.807, 2.05) is 0 Å². The van der Waals surface area contributed by atoms with Gasteiger partial charge in [0.1, 0.15) is 0 Å². The summed E-state index contributed by atoms with van der Waals surface area (Å²) >= 11 is 0. The SMILES string of the molecule is C=C(C)C(=O)OCC1CC2CC1CC2(O)C(F)(F)F. The standard InChI is InChI=1S/C13H17F3O3/c1-7(2)11(17)19-6-9-4-10-3-8(9)5-12(10,18)13(14,15)16/h8-10,18H,1,3-6H2,2H3. The van der Waals surface area contributed by atoms with Crippen LogP contribution in [0.3, 0.4) is 0 Å². The molecule has 0 aromatic heterocycles. The van der Waals surface area contributed by atoms with E-state index in [4.69, 9.17) is 4.74 Å². The lowest BCUT2D eigenvalue weighted by molar-refractivity contribution is -0.279. The summed E-state index contributed by atoms with van der Waals surface area (Å²) in [4.78, 5) is 11.2. The van der Waals surface area contributed by atoms with Crippen LogP contribution in [0, 0.1) is 17.8 Å². The second kappa shape index (κ2) is 4.51. The van der Waals surface area contributed by atoms with Crippen LogP contribution in [-0.4, -0.2) is 29.5 Å². The van der Waals surface area contributed by atoms with Crippen molar-refractivity contribution in [1.29, 1.82) is 0 Å². The molecule has 0 aromatic carbocycles. The number of esters is 1. The molecule has 0 radical (unpaired) electrons. The number of fused-ring (bicyclic) bond motifs is 2. The highest BCUT2D eigenvalue weighted by Gasteiger charge is 2.66. The number of ether oxygens (including phenoxy) is 1. The van der Waals surface area contributed by atoms with E-state index in [0.717, 1.165) is 0 Å². The Morgan fingerprint density at radius 2 is 2.11 bits per heavy atom. The Kier molecular flexibility index (Phi) is 3.41. The highest BCUT2D eigenvalue weighted by molar-refractivity contribution is 5.86. The summed E-state index contributed by atoms with van der Waals surface area (Å²) in [5.74, 6) is -1.61. The van der Waals surface area contributed by atoms with Gasteiger partial charge in [0.2, 0.25) is 0 Å². The smallest absolute Gasteiger partial charge is 0.417 e. The summed E-state index contributed by atoms with van der Waals surface area (Å²) in [7, 11) is 0. The minimum absolute atomic E-state index is 0.0871. The number of carbonyl (C=O) groups excluding carboxylic acids is 1. The molecule has 2 saturated carbocycles. The summed E-state index contributed by atoms with van der Waals surface area (Å²) in [6.07, 6.45) is -4.25. The van der Waals surface area contributed by atoms with Gasteiger partial charge in [0.25, 0.3) is 0 Å². The Morgan fingerprint density at radius 3 is 2.53 bits per heavy atom. The normalized spacial score (nSPS) is 37.4. The first-order valence-electron chi connectivity index (χ1n) is 6.27. The van der Waals surface area contributed by atoms with E-state index in [0.29, 0.717) is 6.42 Å². The minimum atomic E-state index is -4.58. The Bertz CT molecular complexity index is 404. The topological polar surface area (TPSA) is 46.5 Å². The van der Waals surface area contributed by atoms with Crippen molar-refractivity contribution < 1.29 is 27.8 Å². The average molecular weight is 278 g/mol. The van der Waals surface area contributed by atoms with Gasteiger partial charge in [-0.05, 0) is 43.9 Å². The fourth-order valence-corrected chi connectivity index (χ4v) is 3.28. The summed E-state index contributed by atoms with van der Waals surface area (Å²) in [6, 6.07) is 0. The number of rotatable bonds is 3. The van der Waals surface area contributed by atoms with Crippen LogP contribution in [-0.2, 0) is 9.53 Å². The zero-order valence-corrected chi connectivity index (χ0v) is 10.7. The zero-order chi connectivity index (χ0) is 14.4. The summed E-state index contributed by atoms with van der Waals surface area (Å²) in [5.41, 5.74) is -2.28. The fourth-order valence-electron chi connectivity index (χ4n) is 3.28. The van der Waals surface area contributed by atoms with Crippen molar-refractivity contribution in [3.63, 3.8) is 0 Å². The highest BCUT2D eigenvalue weighted by Crippen LogP contribution is 2.58. The van der Waals surface area contributed by atoms with Gasteiger partial charge in [-0.2, -0.15) is 13.2 Å². The molecule has 2 rings (SSSR count). The molecule has 2 fully saturated rings. The number of hydrogen-bond donors (Lipinski definition) is 1. The van der Waals surface area contributed by atoms with Gasteiger partial charge >= 0.3 is 12.1 Å². The van der Waals surface area contributed by atoms with E-state index < -0.39 is 23.7 Å². The molecule has 19 heavy (non-hydrogen) atoms. The molecule has 4 unspecified atom stereocenters. The van der Waals surface area contributed by atoms with Gasteiger partial charge in [-0.1, -0.05) is 6.58 Å². The average Bonchev–Trinajstić information content (AvgIpc) is 2.81. The van der Waals surface area contributed by atoms with E-state index in [1.54, 1.807) is 0 Å². The van der Waals surface area contributed by atoms with Crippen LogP contribution in [0.4, 0.5) is 13.2 Å². The number of halogens is 3. The van der Waals surface area contributed by atoms with Crippen molar-refractivity contribution in [3.05, 3.63) is 12.2 Å². The second-order valence-electron chi connectivity index (χ2n) is 5.69. The largest absolute Gasteiger partial charge is 0.462 e. The van der Waals surface area contributed by atoms with Crippen molar-refractivity contribution in [3.8, 4) is 0 Å². The van der Waals surface area contributed by atoms with E-state index >= 15 is 0 Å². The summed E-state index contributed by atoms with van der Waals surface area (Å²) in [5, 5.41) is 9.75. The predicted octanol–water partition coefficient (Wildman–Crippen LogP) is 2.45. The molecule has 6 heteroatoms. The maximum absolute atomic E-state index is 12.8. The lowest BCUT2D eigenvalue weighted by atomic mass is 9.78. The number of hydrogen-bond acceptors (Lipinski definition) is 3. The zero-order valence-electron chi connectivity index (χ0n) is 10.7. The Labute approximate surface area is 109 Å². The van der Waals surface area contributed by atoms with E-state index in [9.17, 15) is 23.1 Å². The predicted molar refractivity (Wildman–Crippen MR) is 61.1 cm³/mol. The maximum atomic E-state index is 12.8. The Morgan fingerprint density at radius 1 is 1.47 bits per heavy atom. The van der Waals surface area contributed by atoms with Crippen LogP contribution in [0.2, 0.25) is 0 Å². The molecule has 2 aliphatic rings. The molecule has 2 aliphatic carbocycles. The molecule has 2 bridgehead atoms. The molecule has 0 amide bonds. The third kappa shape index (κ3) is 2.38. The molecule has 0 saturated heterocycles. The summed E-state index contributed by atoms with van der Waals surface area (Å²) < 4.78 is 43.4. The first-order valence-corrected chi connectivity index (χ1v) is 6.27. The number of aliphatic hydroxyl groups is 1. The molecule has 1 N–H and O–H groups in total. The van der Waals surface area contributed by atoms with Crippen molar-refractivity contribution in [2.45, 2.75) is 38.0 Å². The molecular weight excluding hydrogens is 261 g/mol. The third-order valence-electron chi connectivity index (χ3n) is 4.36. The molecule has 108 valence electrons. The van der Waals surface area contributed by atoms with Gasteiger partial charge in [-0.15, -0.1) is 0 Å². The van der Waals surface area contributed by atoms with Crippen molar-refractivity contribution in [2.24, 2.45) is 17.8 Å². The van der Waals surface area contributed by atoms with Gasteiger partial charge < -0.3 is 9.84 Å². The Balaban J connectivity index is 1.93. The molecule has 4 atom stereocenters. The number of alkyl halides is 3. The summed E-state index contributed by atoms with van der Waals surface area (Å²) in [6.45, 7) is 5.07. The quantitative estimate of drug-likeness (QED) is 0.637. The van der Waals surface area contributed by atoms with Gasteiger partial charge in [0.15, 0.2) is 5.60 Å². The first-order chi connectivity index (χ1) is 8.65. The van der Waals surface area contributed by atoms with Crippen molar-refractivity contribution in [2.75, 3.05) is 6.61 Å². The third-order valence-corrected chi connectivity index (χ3v) is 4.36. The van der Waals surface area contributed by atoms with Crippen LogP contribution in [0.5, 0.6) is 0 Å². The molecule has 0 spiro atoms. The van der Waals surface area contributed by atoms with Crippen LogP contribution < -0.4 is 0 Å². The Hall–Kier alpha value is -1.04. The molecule has 0 aliphatic heterocycles. The van der Waals surface area contributed by atoms with E-state index in [2.05, 4.69) is 6.58 Å². The van der Waals surface area contributed by atoms with Gasteiger partial charge in [-0.25, -0.2) is 4.79 Å². The minimum Gasteiger partial charge on any atom is -0.462 e. The molecule has 3 nitrogen and oxygen atoms in total. The lowest BCUT2D eigenvalue weighted by Gasteiger charge is -2.36. The second-order valence-corrected chi connectivity index (χ2v) is 5.69. The van der Waals surface area contributed by atoms with E-state index in [1.165, 1.54) is 6.92 Å². The van der Waals surface area contributed by atoms with Crippen LogP contribution >= 0.6 is 0 Å². The van der Waals surface area contributed by atoms with Crippen LogP contribution in [0.1, 0.15) is 26.2 Å². The number of carbonyl (C=O) groups is 1. The highest BCUT2D eigenvalue weighted by atomic mass is 19.4. The monoisotopic (exact) mass is 278 g/mol. The molecule has 0 heterocycles. The lowest BCUT2D eigenvalue weighted by Crippen LogP contribution is -2.50. The molecule has 0 aromatic rings. The van der Waals surface area contributed by atoms with Gasteiger partial charge in [0.05, 0.1) is 6.61 Å². The fraction of sp³-hybridized carbons (Fsp3) is 0.769. The van der Waals surface area contributed by atoms with Crippen molar-refractivity contribution in [1.82, 2.24) is 0 Å². The maximum Gasteiger partial charge on any atom is 0.417 e. The first kappa shape index (κ1) is 14.4.